The highest BCUT2D eigenvalue weighted by Crippen LogP contribution is 2.29. The van der Waals surface area contributed by atoms with Crippen molar-refractivity contribution < 1.29 is 14.5 Å². The van der Waals surface area contributed by atoms with Crippen LogP contribution in [-0.4, -0.2) is 23.5 Å². The number of nitrogens with one attached hydrogen (secondary N) is 1. The Morgan fingerprint density at radius 2 is 2.20 bits per heavy atom. The summed E-state index contributed by atoms with van der Waals surface area (Å²) in [4.78, 5) is 22.2. The van der Waals surface area contributed by atoms with Crippen molar-refractivity contribution in [2.75, 3.05) is 11.9 Å². The zero-order chi connectivity index (χ0) is 15.1. The lowest BCUT2D eigenvalue weighted by Crippen LogP contribution is -2.26. The van der Waals surface area contributed by atoms with E-state index in [1.807, 2.05) is 6.92 Å². The minimum Gasteiger partial charge on any atom is -0.494 e. The second-order valence-corrected chi connectivity index (χ2v) is 4.29. The van der Waals surface area contributed by atoms with Crippen LogP contribution in [0.15, 0.2) is 18.2 Å². The van der Waals surface area contributed by atoms with Crippen LogP contribution < -0.4 is 15.8 Å². The fourth-order valence-electron chi connectivity index (χ4n) is 1.61. The summed E-state index contributed by atoms with van der Waals surface area (Å²) in [7, 11) is 0. The maximum Gasteiger partial charge on any atom is 0.296 e. The lowest BCUT2D eigenvalue weighted by Gasteiger charge is -2.10. The van der Waals surface area contributed by atoms with E-state index >= 15 is 0 Å². The summed E-state index contributed by atoms with van der Waals surface area (Å²) >= 11 is 0. The highest BCUT2D eigenvalue weighted by molar-refractivity contribution is 5.93. The molecule has 0 aliphatic rings. The van der Waals surface area contributed by atoms with Crippen LogP contribution in [0.3, 0.4) is 0 Å². The van der Waals surface area contributed by atoms with Crippen LogP contribution in [0, 0.1) is 10.1 Å². The van der Waals surface area contributed by atoms with E-state index in [4.69, 9.17) is 10.5 Å². The number of carbonyl (C=O) groups is 1. The average molecular weight is 281 g/mol. The van der Waals surface area contributed by atoms with Gasteiger partial charge in [-0.15, -0.1) is 0 Å². The number of nitrogens with two attached hydrogens (primary N) is 1. The van der Waals surface area contributed by atoms with E-state index in [9.17, 15) is 14.9 Å². The van der Waals surface area contributed by atoms with Crippen LogP contribution in [0.2, 0.25) is 0 Å². The highest BCUT2D eigenvalue weighted by Gasteiger charge is 2.18. The van der Waals surface area contributed by atoms with Crippen LogP contribution in [0.25, 0.3) is 0 Å². The molecule has 0 radical (unpaired) electrons. The van der Waals surface area contributed by atoms with E-state index in [2.05, 4.69) is 5.32 Å². The van der Waals surface area contributed by atoms with Crippen molar-refractivity contribution in [1.29, 1.82) is 0 Å². The molecule has 1 atom stereocenters. The van der Waals surface area contributed by atoms with Crippen molar-refractivity contribution in [3.05, 3.63) is 28.3 Å². The van der Waals surface area contributed by atoms with E-state index in [1.54, 1.807) is 13.0 Å². The van der Waals surface area contributed by atoms with Crippen molar-refractivity contribution >= 4 is 17.3 Å². The molecule has 3 N–H and O–H groups in total. The zero-order valence-electron chi connectivity index (χ0n) is 11.6. The van der Waals surface area contributed by atoms with E-state index in [0.717, 1.165) is 0 Å². The van der Waals surface area contributed by atoms with E-state index in [1.165, 1.54) is 12.1 Å². The van der Waals surface area contributed by atoms with Gasteiger partial charge in [0.1, 0.15) is 11.4 Å². The molecule has 1 unspecified atom stereocenters. The summed E-state index contributed by atoms with van der Waals surface area (Å²) in [6, 6.07) is 4.07. The molecule has 1 amide bonds. The van der Waals surface area contributed by atoms with Crippen LogP contribution >= 0.6 is 0 Å². The molecule has 1 aromatic rings. The predicted octanol–water partition coefficient (Wildman–Crippen LogP) is 2.06. The fourth-order valence-corrected chi connectivity index (χ4v) is 1.61. The van der Waals surface area contributed by atoms with Crippen molar-refractivity contribution in [1.82, 2.24) is 0 Å². The molecule has 0 aliphatic heterocycles. The van der Waals surface area contributed by atoms with Crippen molar-refractivity contribution in [2.45, 2.75) is 32.7 Å². The maximum absolute atomic E-state index is 11.7. The molecule has 7 nitrogen and oxygen atoms in total. The third-order valence-electron chi connectivity index (χ3n) is 2.72. The van der Waals surface area contributed by atoms with Gasteiger partial charge in [-0.2, -0.15) is 0 Å². The Hall–Kier alpha value is -2.15. The predicted molar refractivity (Wildman–Crippen MR) is 75.8 cm³/mol. The third-order valence-corrected chi connectivity index (χ3v) is 2.72. The quantitative estimate of drug-likeness (QED) is 0.587. The zero-order valence-corrected chi connectivity index (χ0v) is 11.6. The SMILES string of the molecule is CCOc1ccc(NC(=O)CC(N)CC)c([N+](=O)[O-])c1. The molecule has 1 rings (SSSR count). The highest BCUT2D eigenvalue weighted by atomic mass is 16.6. The van der Waals surface area contributed by atoms with Crippen LogP contribution in [0.5, 0.6) is 5.75 Å². The second kappa shape index (κ2) is 7.44. The number of amides is 1. The Labute approximate surface area is 117 Å². The molecular weight excluding hydrogens is 262 g/mol. The van der Waals surface area contributed by atoms with Crippen LogP contribution in [0.1, 0.15) is 26.7 Å². The maximum atomic E-state index is 11.7. The number of anilines is 1. The molecule has 0 aromatic heterocycles. The first kappa shape index (κ1) is 15.9. The van der Waals surface area contributed by atoms with Crippen molar-refractivity contribution in [3.8, 4) is 5.75 Å². The monoisotopic (exact) mass is 281 g/mol. The fraction of sp³-hybridized carbons (Fsp3) is 0.462. The van der Waals surface area contributed by atoms with Crippen molar-refractivity contribution in [3.63, 3.8) is 0 Å². The first-order valence-corrected chi connectivity index (χ1v) is 6.44. The van der Waals surface area contributed by atoms with Gasteiger partial charge in [0, 0.05) is 12.5 Å². The Morgan fingerprint density at radius 3 is 2.75 bits per heavy atom. The van der Waals surface area contributed by atoms with Crippen LogP contribution in [-0.2, 0) is 4.79 Å². The minimum absolute atomic E-state index is 0.126. The van der Waals surface area contributed by atoms with Gasteiger partial charge in [0.05, 0.1) is 17.6 Å². The molecule has 7 heteroatoms. The molecule has 20 heavy (non-hydrogen) atoms. The Balaban J connectivity index is 2.88. The van der Waals surface area contributed by atoms with Gasteiger partial charge in [0.2, 0.25) is 5.91 Å². The summed E-state index contributed by atoms with van der Waals surface area (Å²) < 4.78 is 5.20. The Morgan fingerprint density at radius 1 is 1.50 bits per heavy atom. The first-order valence-electron chi connectivity index (χ1n) is 6.44. The lowest BCUT2D eigenvalue weighted by atomic mass is 10.1. The minimum atomic E-state index is -0.558. The molecule has 0 heterocycles. The average Bonchev–Trinajstić information content (AvgIpc) is 2.40. The largest absolute Gasteiger partial charge is 0.494 e. The molecular formula is C13H19N3O4. The molecule has 0 fully saturated rings. The van der Waals surface area contributed by atoms with Gasteiger partial charge in [0.15, 0.2) is 0 Å². The number of nitro benzene ring substituents is 1. The number of nitrogens with zero attached hydrogens (tertiary/aromatic N) is 1. The molecule has 0 aliphatic carbocycles. The summed E-state index contributed by atoms with van der Waals surface area (Å²) in [5.74, 6) is 0.0501. The summed E-state index contributed by atoms with van der Waals surface area (Å²) in [6.45, 7) is 4.07. The van der Waals surface area contributed by atoms with Gasteiger partial charge in [-0.05, 0) is 25.5 Å². The lowest BCUT2D eigenvalue weighted by molar-refractivity contribution is -0.384. The van der Waals surface area contributed by atoms with E-state index in [-0.39, 0.29) is 29.7 Å². The Bertz CT molecular complexity index is 491. The summed E-state index contributed by atoms with van der Waals surface area (Å²) in [5.41, 5.74) is 5.62. The van der Waals surface area contributed by atoms with Gasteiger partial charge in [0.25, 0.3) is 5.69 Å². The number of rotatable bonds is 7. The van der Waals surface area contributed by atoms with E-state index in [0.29, 0.717) is 18.8 Å². The third kappa shape index (κ3) is 4.51. The molecule has 0 bridgehead atoms. The second-order valence-electron chi connectivity index (χ2n) is 4.29. The number of hydrogen-bond donors (Lipinski definition) is 2. The molecule has 0 spiro atoms. The van der Waals surface area contributed by atoms with Gasteiger partial charge < -0.3 is 15.8 Å². The van der Waals surface area contributed by atoms with Gasteiger partial charge >= 0.3 is 0 Å². The van der Waals surface area contributed by atoms with Crippen LogP contribution in [0.4, 0.5) is 11.4 Å². The number of carbonyl (C=O) groups excluding carboxylic acids is 1. The summed E-state index contributed by atoms with van der Waals surface area (Å²) in [6.07, 6.45) is 0.791. The molecule has 0 saturated heterocycles. The topological polar surface area (TPSA) is 107 Å². The number of benzene rings is 1. The summed E-state index contributed by atoms with van der Waals surface area (Å²) in [5, 5.41) is 13.5. The van der Waals surface area contributed by atoms with Gasteiger partial charge in [-0.1, -0.05) is 6.92 Å². The molecule has 1 aromatic carbocycles. The first-order chi connectivity index (χ1) is 9.47. The number of hydrogen-bond acceptors (Lipinski definition) is 5. The number of ether oxygens (including phenoxy) is 1. The molecule has 110 valence electrons. The molecule has 0 saturated carbocycles. The normalized spacial score (nSPS) is 11.8. The van der Waals surface area contributed by atoms with Gasteiger partial charge in [-0.3, -0.25) is 14.9 Å². The van der Waals surface area contributed by atoms with Gasteiger partial charge in [-0.25, -0.2) is 0 Å². The van der Waals surface area contributed by atoms with Crippen molar-refractivity contribution in [2.24, 2.45) is 5.73 Å². The van der Waals surface area contributed by atoms with E-state index < -0.39 is 4.92 Å². The number of nitro groups is 1. The Kier molecular flexibility index (Phi) is 5.92. The standard InChI is InChI=1S/C13H19N3O4/c1-3-9(14)7-13(17)15-11-6-5-10(20-4-2)8-12(11)16(18)19/h5-6,8-9H,3-4,7,14H2,1-2H3,(H,15,17). The smallest absolute Gasteiger partial charge is 0.296 e.